The first-order valence-electron chi connectivity index (χ1n) is 11.1. The van der Waals surface area contributed by atoms with E-state index in [1.165, 1.54) is 12.7 Å². The summed E-state index contributed by atoms with van der Waals surface area (Å²) in [5.41, 5.74) is 2.84. The zero-order chi connectivity index (χ0) is 25.0. The number of amides is 1. The van der Waals surface area contributed by atoms with Crippen LogP contribution in [0.25, 0.3) is 10.9 Å². The molecule has 0 spiro atoms. The number of amidine groups is 1. The lowest BCUT2D eigenvalue weighted by Gasteiger charge is -2.45. The minimum atomic E-state index is -0.649. The number of aliphatic imine (C=N–C) groups is 1. The largest absolute Gasteiger partial charge is 0.493 e. The van der Waals surface area contributed by atoms with E-state index in [0.29, 0.717) is 5.69 Å². The smallest absolute Gasteiger partial charge is 0.331 e. The van der Waals surface area contributed by atoms with Gasteiger partial charge in [0.15, 0.2) is 5.69 Å². The van der Waals surface area contributed by atoms with Crippen molar-refractivity contribution in [1.29, 1.82) is 0 Å². The van der Waals surface area contributed by atoms with Crippen molar-refractivity contribution in [2.45, 2.75) is 38.1 Å². The summed E-state index contributed by atoms with van der Waals surface area (Å²) in [6.45, 7) is 6.44. The standard InChI is InChI=1S/C26H24N4O4S/c1-25(2)14-26(3,15-9-6-5-7-10-15)17-12-8-11-16-20(23(33)30(25)21(16)17)28-29-24-27-22(32)18(35-24)13-19(31)34-4/h5-13,33H,14H2,1-4H3/b18-13-,29-28?. The van der Waals surface area contributed by atoms with Crippen molar-refractivity contribution in [3.05, 3.63) is 70.6 Å². The molecule has 3 aromatic rings. The Bertz CT molecular complexity index is 1470. The first-order valence-corrected chi connectivity index (χ1v) is 11.9. The van der Waals surface area contributed by atoms with Crippen molar-refractivity contribution in [1.82, 2.24) is 4.57 Å². The molecule has 1 N–H and O–H groups in total. The highest BCUT2D eigenvalue weighted by atomic mass is 32.2. The van der Waals surface area contributed by atoms with Crippen LogP contribution in [0, 0.1) is 0 Å². The molecule has 0 aliphatic carbocycles. The molecule has 0 radical (unpaired) electrons. The summed E-state index contributed by atoms with van der Waals surface area (Å²) in [6, 6.07) is 16.3. The molecule has 35 heavy (non-hydrogen) atoms. The van der Waals surface area contributed by atoms with Crippen LogP contribution >= 0.6 is 11.8 Å². The van der Waals surface area contributed by atoms with Gasteiger partial charge in [-0.25, -0.2) is 4.79 Å². The number of hydrogen-bond donors (Lipinski definition) is 1. The van der Waals surface area contributed by atoms with Gasteiger partial charge in [-0.3, -0.25) is 4.79 Å². The van der Waals surface area contributed by atoms with Gasteiger partial charge in [0.2, 0.25) is 11.0 Å². The number of nitrogens with zero attached hydrogens (tertiary/aromatic N) is 4. The Morgan fingerprint density at radius 2 is 1.89 bits per heavy atom. The zero-order valence-corrected chi connectivity index (χ0v) is 20.6. The van der Waals surface area contributed by atoms with Gasteiger partial charge >= 0.3 is 5.97 Å². The normalized spacial score (nSPS) is 22.2. The van der Waals surface area contributed by atoms with Gasteiger partial charge in [0.05, 0.1) is 17.5 Å². The first kappa shape index (κ1) is 23.0. The number of hydrogen-bond acceptors (Lipinski definition) is 7. The second-order valence-electron chi connectivity index (χ2n) is 9.43. The number of rotatable bonds is 3. The van der Waals surface area contributed by atoms with E-state index in [1.807, 2.05) is 34.9 Å². The number of methoxy groups -OCH3 is 1. The van der Waals surface area contributed by atoms with Gasteiger partial charge in [0.25, 0.3) is 5.91 Å². The van der Waals surface area contributed by atoms with Gasteiger partial charge in [-0.15, -0.1) is 10.2 Å². The fraction of sp³-hybridized carbons (Fsp3) is 0.269. The van der Waals surface area contributed by atoms with E-state index in [9.17, 15) is 14.7 Å². The Kier molecular flexibility index (Phi) is 5.40. The Morgan fingerprint density at radius 3 is 2.60 bits per heavy atom. The molecule has 178 valence electrons. The number of azo groups is 1. The van der Waals surface area contributed by atoms with Crippen molar-refractivity contribution >= 4 is 45.4 Å². The van der Waals surface area contributed by atoms with E-state index in [0.717, 1.165) is 40.7 Å². The van der Waals surface area contributed by atoms with Crippen LogP contribution in [-0.2, 0) is 25.3 Å². The van der Waals surface area contributed by atoms with Crippen molar-refractivity contribution < 1.29 is 19.4 Å². The predicted octanol–water partition coefficient (Wildman–Crippen LogP) is 5.56. The summed E-state index contributed by atoms with van der Waals surface area (Å²) in [5.74, 6) is -1.22. The van der Waals surface area contributed by atoms with E-state index in [-0.39, 0.29) is 21.4 Å². The summed E-state index contributed by atoms with van der Waals surface area (Å²) in [4.78, 5) is 27.5. The Hall–Kier alpha value is -3.72. The van der Waals surface area contributed by atoms with Crippen LogP contribution in [0.4, 0.5) is 5.69 Å². The Balaban J connectivity index is 1.62. The molecule has 0 saturated heterocycles. The summed E-state index contributed by atoms with van der Waals surface area (Å²) in [5, 5.41) is 20.6. The van der Waals surface area contributed by atoms with E-state index >= 15 is 0 Å². The summed E-state index contributed by atoms with van der Waals surface area (Å²) in [7, 11) is 1.23. The van der Waals surface area contributed by atoms with Gasteiger partial charge < -0.3 is 14.4 Å². The number of esters is 1. The van der Waals surface area contributed by atoms with Crippen molar-refractivity contribution in [2.24, 2.45) is 15.2 Å². The number of para-hydroxylation sites is 1. The molecule has 3 heterocycles. The molecule has 1 atom stereocenters. The predicted molar refractivity (Wildman–Crippen MR) is 135 cm³/mol. The average molecular weight is 489 g/mol. The maximum Gasteiger partial charge on any atom is 0.331 e. The number of ether oxygens (including phenoxy) is 1. The minimum Gasteiger partial charge on any atom is -0.493 e. The monoisotopic (exact) mass is 488 g/mol. The van der Waals surface area contributed by atoms with Gasteiger partial charge in [-0.1, -0.05) is 55.5 Å². The summed E-state index contributed by atoms with van der Waals surface area (Å²) < 4.78 is 6.49. The molecule has 2 aliphatic rings. The van der Waals surface area contributed by atoms with Crippen LogP contribution in [-0.4, -0.2) is 33.8 Å². The number of aromatic nitrogens is 1. The van der Waals surface area contributed by atoms with E-state index in [4.69, 9.17) is 0 Å². The lowest BCUT2D eigenvalue weighted by Crippen LogP contribution is -2.41. The van der Waals surface area contributed by atoms with Gasteiger partial charge in [-0.05, 0) is 43.2 Å². The number of aromatic hydroxyl groups is 1. The lowest BCUT2D eigenvalue weighted by atomic mass is 9.66. The van der Waals surface area contributed by atoms with Crippen molar-refractivity contribution in [3.63, 3.8) is 0 Å². The molecular weight excluding hydrogens is 464 g/mol. The van der Waals surface area contributed by atoms with Crippen LogP contribution in [0.3, 0.4) is 0 Å². The molecule has 2 aliphatic heterocycles. The fourth-order valence-corrected chi connectivity index (χ4v) is 5.94. The van der Waals surface area contributed by atoms with Crippen molar-refractivity contribution in [2.75, 3.05) is 7.11 Å². The van der Waals surface area contributed by atoms with Crippen LogP contribution in [0.5, 0.6) is 5.88 Å². The highest BCUT2D eigenvalue weighted by Crippen LogP contribution is 2.54. The fourth-order valence-electron chi connectivity index (χ4n) is 5.24. The maximum atomic E-state index is 12.1. The molecule has 0 saturated carbocycles. The molecule has 0 bridgehead atoms. The number of carbonyl (C=O) groups is 2. The second-order valence-corrected chi connectivity index (χ2v) is 10.4. The molecule has 9 heteroatoms. The lowest BCUT2D eigenvalue weighted by molar-refractivity contribution is -0.135. The third-order valence-electron chi connectivity index (χ3n) is 6.63. The number of thioether (sulfide) groups is 1. The van der Waals surface area contributed by atoms with Crippen LogP contribution < -0.4 is 0 Å². The van der Waals surface area contributed by atoms with Gasteiger partial charge in [0.1, 0.15) is 0 Å². The second kappa shape index (κ2) is 8.20. The van der Waals surface area contributed by atoms with Gasteiger partial charge in [-0.2, -0.15) is 4.99 Å². The molecule has 2 aromatic carbocycles. The topological polar surface area (TPSA) is 106 Å². The Labute approximate surface area is 206 Å². The number of benzene rings is 2. The average Bonchev–Trinajstić information content (AvgIpc) is 3.33. The zero-order valence-electron chi connectivity index (χ0n) is 19.8. The maximum absolute atomic E-state index is 12.1. The summed E-state index contributed by atoms with van der Waals surface area (Å²) in [6.07, 6.45) is 1.85. The van der Waals surface area contributed by atoms with Crippen LogP contribution in [0.2, 0.25) is 0 Å². The minimum absolute atomic E-state index is 0.0107. The molecule has 1 amide bonds. The molecular formula is C26H24N4O4S. The summed E-state index contributed by atoms with van der Waals surface area (Å²) >= 11 is 0.930. The molecule has 1 aromatic heterocycles. The number of carbonyl (C=O) groups excluding carboxylic acids is 2. The van der Waals surface area contributed by atoms with E-state index in [2.05, 4.69) is 58.9 Å². The third kappa shape index (κ3) is 3.67. The quantitative estimate of drug-likeness (QED) is 0.295. The third-order valence-corrected chi connectivity index (χ3v) is 7.50. The molecule has 1 unspecified atom stereocenters. The van der Waals surface area contributed by atoms with E-state index in [1.54, 1.807) is 0 Å². The Morgan fingerprint density at radius 1 is 1.14 bits per heavy atom. The highest BCUT2D eigenvalue weighted by molar-refractivity contribution is 8.18. The first-order chi connectivity index (χ1) is 16.7. The van der Waals surface area contributed by atoms with E-state index < -0.39 is 17.4 Å². The molecule has 0 fully saturated rings. The van der Waals surface area contributed by atoms with Gasteiger partial charge in [0, 0.05) is 22.4 Å². The molecule has 8 nitrogen and oxygen atoms in total. The van der Waals surface area contributed by atoms with Crippen LogP contribution in [0.1, 0.15) is 38.3 Å². The SMILES string of the molecule is COC(=O)/C=C1\SC(N=Nc2c(O)n3c4c(cccc24)C(C)(c2ccccc2)CC3(C)C)=NC1=O. The van der Waals surface area contributed by atoms with Crippen LogP contribution in [0.15, 0.2) is 74.7 Å². The molecule has 5 rings (SSSR count). The van der Waals surface area contributed by atoms with Crippen molar-refractivity contribution in [3.8, 4) is 5.88 Å². The highest BCUT2D eigenvalue weighted by Gasteiger charge is 2.45.